The van der Waals surface area contributed by atoms with Gasteiger partial charge in [-0.25, -0.2) is 0 Å². The van der Waals surface area contributed by atoms with Crippen LogP contribution in [0.2, 0.25) is 0 Å². The third-order valence-electron chi connectivity index (χ3n) is 4.29. The van der Waals surface area contributed by atoms with Crippen LogP contribution in [0.5, 0.6) is 5.75 Å². The van der Waals surface area contributed by atoms with E-state index in [-0.39, 0.29) is 24.1 Å². The van der Waals surface area contributed by atoms with Gasteiger partial charge in [-0.15, -0.1) is 25.6 Å². The summed E-state index contributed by atoms with van der Waals surface area (Å²) in [6.45, 7) is 2.56. The second-order valence-electron chi connectivity index (χ2n) is 6.56. The van der Waals surface area contributed by atoms with Crippen LogP contribution in [0, 0.1) is 0 Å². The largest absolute Gasteiger partial charge is 0.573 e. The van der Waals surface area contributed by atoms with E-state index in [0.717, 1.165) is 29.5 Å². The number of hydrogen-bond donors (Lipinski definition) is 2. The lowest BCUT2D eigenvalue weighted by molar-refractivity contribution is -0.274. The van der Waals surface area contributed by atoms with Gasteiger partial charge in [-0.05, 0) is 41.7 Å². The van der Waals surface area contributed by atoms with Crippen LogP contribution in [0.25, 0.3) is 11.1 Å². The molecule has 0 saturated carbocycles. The summed E-state index contributed by atoms with van der Waals surface area (Å²) in [4.78, 5) is 11.9. The van der Waals surface area contributed by atoms with Crippen molar-refractivity contribution in [3.8, 4) is 16.9 Å². The number of carbonyl (C=O) groups is 1. The summed E-state index contributed by atoms with van der Waals surface area (Å²) in [6.07, 6.45) is -1.40. The van der Waals surface area contributed by atoms with Gasteiger partial charge in [0.05, 0.1) is 6.04 Å². The predicted octanol–water partition coefficient (Wildman–Crippen LogP) is 4.85. The summed E-state index contributed by atoms with van der Waals surface area (Å²) in [5, 5.41) is 2.84. The van der Waals surface area contributed by atoms with Crippen molar-refractivity contribution in [2.75, 3.05) is 6.54 Å². The second kappa shape index (κ2) is 11.7. The van der Waals surface area contributed by atoms with Crippen LogP contribution >= 0.6 is 12.4 Å². The fourth-order valence-corrected chi connectivity index (χ4v) is 2.73. The molecule has 0 aromatic heterocycles. The van der Waals surface area contributed by atoms with Crippen LogP contribution in [-0.4, -0.2) is 24.9 Å². The van der Waals surface area contributed by atoms with Crippen LogP contribution < -0.4 is 15.8 Å². The second-order valence-corrected chi connectivity index (χ2v) is 6.56. The van der Waals surface area contributed by atoms with E-state index in [4.69, 9.17) is 5.73 Å². The first-order chi connectivity index (χ1) is 13.3. The minimum Gasteiger partial charge on any atom is -0.406 e. The summed E-state index contributed by atoms with van der Waals surface area (Å²) in [6, 6.07) is 12.9. The van der Waals surface area contributed by atoms with Gasteiger partial charge < -0.3 is 15.8 Å². The maximum Gasteiger partial charge on any atom is 0.573 e. The molecule has 2 aromatic carbocycles. The smallest absolute Gasteiger partial charge is 0.406 e. The first-order valence-electron chi connectivity index (χ1n) is 9.27. The molecule has 0 aliphatic carbocycles. The number of hydrogen-bond acceptors (Lipinski definition) is 3. The molecular formula is C21H26ClF3N2O2. The lowest BCUT2D eigenvalue weighted by Crippen LogP contribution is -2.41. The highest BCUT2D eigenvalue weighted by molar-refractivity contribution is 5.85. The predicted molar refractivity (Wildman–Crippen MR) is 110 cm³/mol. The molecule has 0 aliphatic rings. The van der Waals surface area contributed by atoms with E-state index >= 15 is 0 Å². The average molecular weight is 431 g/mol. The summed E-state index contributed by atoms with van der Waals surface area (Å²) in [5.41, 5.74) is 8.54. The monoisotopic (exact) mass is 430 g/mol. The van der Waals surface area contributed by atoms with E-state index in [9.17, 15) is 18.0 Å². The van der Waals surface area contributed by atoms with Gasteiger partial charge in [0.2, 0.25) is 5.91 Å². The van der Waals surface area contributed by atoms with Gasteiger partial charge >= 0.3 is 6.36 Å². The first-order valence-corrected chi connectivity index (χ1v) is 9.27. The number of benzene rings is 2. The first kappa shape index (κ1) is 24.8. The van der Waals surface area contributed by atoms with Crippen molar-refractivity contribution in [2.45, 2.75) is 45.0 Å². The van der Waals surface area contributed by atoms with Gasteiger partial charge in [0.25, 0.3) is 0 Å². The van der Waals surface area contributed by atoms with Crippen LogP contribution in [0.3, 0.4) is 0 Å². The zero-order chi connectivity index (χ0) is 20.6. The van der Waals surface area contributed by atoms with Crippen LogP contribution in [0.15, 0.2) is 48.5 Å². The number of halogens is 4. The number of nitrogens with two attached hydrogens (primary N) is 1. The molecule has 0 spiro atoms. The van der Waals surface area contributed by atoms with E-state index in [1.807, 2.05) is 24.3 Å². The van der Waals surface area contributed by atoms with Crippen molar-refractivity contribution in [1.82, 2.24) is 5.32 Å². The molecule has 0 heterocycles. The summed E-state index contributed by atoms with van der Waals surface area (Å²) < 4.78 is 40.5. The Kier molecular flexibility index (Phi) is 9.98. The van der Waals surface area contributed by atoms with Gasteiger partial charge in [-0.2, -0.15) is 0 Å². The highest BCUT2D eigenvalue weighted by Gasteiger charge is 2.30. The molecule has 2 rings (SSSR count). The minimum atomic E-state index is -4.70. The SMILES string of the molecule is CCCC[C@H](N)C(=O)NCCc1ccc(-c2ccc(OC(F)(F)F)cc2)cc1.Cl. The highest BCUT2D eigenvalue weighted by Crippen LogP contribution is 2.26. The zero-order valence-electron chi connectivity index (χ0n) is 16.2. The molecule has 0 radical (unpaired) electrons. The van der Waals surface area contributed by atoms with Crippen molar-refractivity contribution in [3.63, 3.8) is 0 Å². The number of ether oxygens (including phenoxy) is 1. The van der Waals surface area contributed by atoms with Crippen molar-refractivity contribution < 1.29 is 22.7 Å². The number of amides is 1. The molecule has 160 valence electrons. The third-order valence-corrected chi connectivity index (χ3v) is 4.29. The quantitative estimate of drug-likeness (QED) is 0.597. The van der Waals surface area contributed by atoms with Crippen LogP contribution in [0.1, 0.15) is 31.7 Å². The summed E-state index contributed by atoms with van der Waals surface area (Å²) in [7, 11) is 0. The Hall–Kier alpha value is -2.25. The van der Waals surface area contributed by atoms with Crippen molar-refractivity contribution in [3.05, 3.63) is 54.1 Å². The van der Waals surface area contributed by atoms with E-state index in [1.165, 1.54) is 12.1 Å². The fraction of sp³-hybridized carbons (Fsp3) is 0.381. The number of nitrogens with one attached hydrogen (secondary N) is 1. The van der Waals surface area contributed by atoms with Gasteiger partial charge in [0.1, 0.15) is 5.75 Å². The Morgan fingerprint density at radius 3 is 2.14 bits per heavy atom. The normalized spacial score (nSPS) is 12.0. The molecule has 2 aromatic rings. The maximum atomic E-state index is 12.2. The highest BCUT2D eigenvalue weighted by atomic mass is 35.5. The van der Waals surface area contributed by atoms with Crippen molar-refractivity contribution >= 4 is 18.3 Å². The molecule has 3 N–H and O–H groups in total. The average Bonchev–Trinajstić information content (AvgIpc) is 2.66. The molecule has 0 saturated heterocycles. The fourth-order valence-electron chi connectivity index (χ4n) is 2.73. The lowest BCUT2D eigenvalue weighted by atomic mass is 10.0. The Balaban J connectivity index is 0.00000420. The third kappa shape index (κ3) is 8.75. The Morgan fingerprint density at radius 1 is 1.07 bits per heavy atom. The van der Waals surface area contributed by atoms with E-state index in [2.05, 4.69) is 17.0 Å². The summed E-state index contributed by atoms with van der Waals surface area (Å²) in [5.74, 6) is -0.382. The number of unbranched alkanes of at least 4 members (excludes halogenated alkanes) is 1. The molecule has 4 nitrogen and oxygen atoms in total. The Labute approximate surface area is 175 Å². The van der Waals surface area contributed by atoms with Gasteiger partial charge in [0, 0.05) is 6.54 Å². The number of carbonyl (C=O) groups excluding carboxylic acids is 1. The zero-order valence-corrected chi connectivity index (χ0v) is 17.0. The minimum absolute atomic E-state index is 0. The number of alkyl halides is 3. The lowest BCUT2D eigenvalue weighted by Gasteiger charge is -2.12. The van der Waals surface area contributed by atoms with E-state index < -0.39 is 12.4 Å². The van der Waals surface area contributed by atoms with Gasteiger partial charge in [-0.3, -0.25) is 4.79 Å². The Bertz CT molecular complexity index is 750. The van der Waals surface area contributed by atoms with E-state index in [1.54, 1.807) is 12.1 Å². The maximum absolute atomic E-state index is 12.2. The van der Waals surface area contributed by atoms with Crippen LogP contribution in [-0.2, 0) is 11.2 Å². The van der Waals surface area contributed by atoms with Crippen molar-refractivity contribution in [1.29, 1.82) is 0 Å². The van der Waals surface area contributed by atoms with Crippen LogP contribution in [0.4, 0.5) is 13.2 Å². The summed E-state index contributed by atoms with van der Waals surface area (Å²) >= 11 is 0. The molecule has 0 bridgehead atoms. The standard InChI is InChI=1S/C21H25F3N2O2.ClH/c1-2-3-4-19(25)20(27)26-14-13-15-5-7-16(8-6-15)17-9-11-18(12-10-17)28-21(22,23)24;/h5-12,19H,2-4,13-14,25H2,1H3,(H,26,27);1H/t19-;/m0./s1. The number of rotatable bonds is 9. The topological polar surface area (TPSA) is 64.4 Å². The van der Waals surface area contributed by atoms with Gasteiger partial charge in [-0.1, -0.05) is 56.2 Å². The molecule has 1 atom stereocenters. The molecule has 0 unspecified atom stereocenters. The van der Waals surface area contributed by atoms with Crippen molar-refractivity contribution in [2.24, 2.45) is 5.73 Å². The molecule has 0 aliphatic heterocycles. The van der Waals surface area contributed by atoms with E-state index in [0.29, 0.717) is 19.4 Å². The molecule has 8 heteroatoms. The van der Waals surface area contributed by atoms with Gasteiger partial charge in [0.15, 0.2) is 0 Å². The molecule has 1 amide bonds. The molecule has 0 fully saturated rings. The molecule has 29 heavy (non-hydrogen) atoms. The molecular weight excluding hydrogens is 405 g/mol. The Morgan fingerprint density at radius 2 is 1.62 bits per heavy atom.